The smallest absolute Gasteiger partial charge is 0.348 e. The summed E-state index contributed by atoms with van der Waals surface area (Å²) in [4.78, 5) is 17.4. The van der Waals surface area contributed by atoms with E-state index in [0.29, 0.717) is 6.42 Å². The Kier molecular flexibility index (Phi) is 5.90. The third kappa shape index (κ3) is 5.60. The van der Waals surface area contributed by atoms with Crippen LogP contribution in [0.3, 0.4) is 0 Å². The van der Waals surface area contributed by atoms with Gasteiger partial charge in [0.25, 0.3) is 0 Å². The molecule has 1 aromatic carbocycles. The Morgan fingerprint density at radius 1 is 1.22 bits per heavy atom. The van der Waals surface area contributed by atoms with E-state index in [1.165, 1.54) is 18.3 Å². The van der Waals surface area contributed by atoms with Crippen LogP contribution in [0.15, 0.2) is 47.2 Å². The molecule has 10 heteroatoms. The Bertz CT molecular complexity index is 1010. The molecule has 7 nitrogen and oxygen atoms in total. The van der Waals surface area contributed by atoms with Crippen LogP contribution in [0.25, 0.3) is 9.88 Å². The van der Waals surface area contributed by atoms with Crippen molar-refractivity contribution in [1.29, 1.82) is 0 Å². The third-order valence-corrected chi connectivity index (χ3v) is 6.02. The number of thiophene rings is 1. The monoisotopic (exact) mass is 423 g/mol. The average molecular weight is 424 g/mol. The van der Waals surface area contributed by atoms with Crippen LogP contribution in [0.2, 0.25) is 0 Å². The summed E-state index contributed by atoms with van der Waals surface area (Å²) in [6, 6.07) is 10.2. The summed E-state index contributed by atoms with van der Waals surface area (Å²) < 4.78 is 32.5. The maximum Gasteiger partial charge on any atom is 0.357 e. The van der Waals surface area contributed by atoms with Crippen LogP contribution in [0, 0.1) is 0 Å². The van der Waals surface area contributed by atoms with Gasteiger partial charge in [-0.1, -0.05) is 18.2 Å². The van der Waals surface area contributed by atoms with Gasteiger partial charge in [-0.25, -0.2) is 4.98 Å². The van der Waals surface area contributed by atoms with Crippen molar-refractivity contribution in [2.45, 2.75) is 19.4 Å². The first kappa shape index (κ1) is 19.5. The molecule has 1 atom stereocenters. The zero-order chi connectivity index (χ0) is 19.4. The van der Waals surface area contributed by atoms with Crippen LogP contribution in [-0.4, -0.2) is 23.9 Å². The summed E-state index contributed by atoms with van der Waals surface area (Å²) in [6.07, 6.45) is 0.499. The lowest BCUT2D eigenvalue weighted by atomic mass is 10.0. The molecule has 27 heavy (non-hydrogen) atoms. The molecule has 0 bridgehead atoms. The van der Waals surface area contributed by atoms with Gasteiger partial charge in [-0.2, -0.15) is 8.42 Å². The first-order valence-electron chi connectivity index (χ1n) is 7.91. The molecule has 3 rings (SSSR count). The number of thiazole rings is 1. The first-order valence-corrected chi connectivity index (χ1v) is 11.1. The molecule has 0 aliphatic heterocycles. The predicted octanol–water partition coefficient (Wildman–Crippen LogP) is 3.51. The topological polar surface area (TPSA) is 108 Å². The normalized spacial score (nSPS) is 12.5. The van der Waals surface area contributed by atoms with Crippen LogP contribution in [-0.2, 0) is 21.5 Å². The summed E-state index contributed by atoms with van der Waals surface area (Å²) >= 11 is 3.13. The van der Waals surface area contributed by atoms with Gasteiger partial charge in [0.05, 0.1) is 22.3 Å². The lowest BCUT2D eigenvalue weighted by Crippen LogP contribution is -2.28. The second kappa shape index (κ2) is 8.17. The van der Waals surface area contributed by atoms with Crippen molar-refractivity contribution in [3.05, 3.63) is 58.4 Å². The van der Waals surface area contributed by atoms with Gasteiger partial charge < -0.3 is 5.32 Å². The molecule has 2 aromatic heterocycles. The Morgan fingerprint density at radius 3 is 2.56 bits per heavy atom. The van der Waals surface area contributed by atoms with Gasteiger partial charge in [0.15, 0.2) is 0 Å². The fourth-order valence-electron chi connectivity index (χ4n) is 2.53. The van der Waals surface area contributed by atoms with Gasteiger partial charge in [-0.15, -0.1) is 22.7 Å². The number of hydrogen-bond acceptors (Lipinski definition) is 6. The number of carbonyl (C=O) groups is 1. The number of carbonyl (C=O) groups excluding carboxylic acids is 1. The molecule has 3 N–H and O–H groups in total. The predicted molar refractivity (Wildman–Crippen MR) is 107 cm³/mol. The van der Waals surface area contributed by atoms with Gasteiger partial charge in [-0.05, 0) is 35.6 Å². The van der Waals surface area contributed by atoms with E-state index in [-0.39, 0.29) is 17.6 Å². The minimum Gasteiger partial charge on any atom is -0.348 e. The Balaban J connectivity index is 1.78. The number of nitrogens with zero attached hydrogens (tertiary/aromatic N) is 1. The van der Waals surface area contributed by atoms with E-state index in [4.69, 9.17) is 4.55 Å². The zero-order valence-electron chi connectivity index (χ0n) is 14.2. The molecule has 0 fully saturated rings. The molecule has 0 unspecified atom stereocenters. The standard InChI is InChI=1S/C17H17N3O4S3/c1-11(21)18-14(15-10-26-17(19-15)16-3-2-8-25-16)9-12-4-6-13(7-5-12)20-27(22,23)24/h2-8,10,14,20H,9H2,1H3,(H,18,21)(H,22,23,24)/t14-/m0/s1. The van der Waals surface area contributed by atoms with Crippen LogP contribution in [0.4, 0.5) is 5.69 Å². The van der Waals surface area contributed by atoms with E-state index in [1.54, 1.807) is 35.6 Å². The molecule has 0 radical (unpaired) electrons. The van der Waals surface area contributed by atoms with Crippen molar-refractivity contribution in [2.24, 2.45) is 0 Å². The number of nitrogens with one attached hydrogen (secondary N) is 2. The summed E-state index contributed by atoms with van der Waals surface area (Å²) in [6.45, 7) is 1.46. The second-order valence-corrected chi connectivity index (χ2v) is 8.75. The van der Waals surface area contributed by atoms with Crippen molar-refractivity contribution in [3.63, 3.8) is 0 Å². The summed E-state index contributed by atoms with van der Waals surface area (Å²) in [7, 11) is -4.31. The van der Waals surface area contributed by atoms with Crippen molar-refractivity contribution >= 4 is 44.6 Å². The Hall–Kier alpha value is -2.27. The Labute approximate surface area is 165 Å². The highest BCUT2D eigenvalue weighted by molar-refractivity contribution is 7.87. The van der Waals surface area contributed by atoms with E-state index in [9.17, 15) is 13.2 Å². The zero-order valence-corrected chi connectivity index (χ0v) is 16.7. The third-order valence-electron chi connectivity index (χ3n) is 3.63. The molecular formula is C17H17N3O4S3. The molecule has 0 aliphatic rings. The minimum absolute atomic E-state index is 0.157. The SMILES string of the molecule is CC(=O)N[C@@H](Cc1ccc(NS(=O)(=O)O)cc1)c1csc(-c2cccs2)n1. The number of benzene rings is 1. The van der Waals surface area contributed by atoms with E-state index < -0.39 is 10.3 Å². The van der Waals surface area contributed by atoms with E-state index in [2.05, 4.69) is 10.3 Å². The summed E-state index contributed by atoms with van der Waals surface area (Å²) in [5, 5.41) is 7.74. The molecular weight excluding hydrogens is 406 g/mol. The molecule has 1 amide bonds. The van der Waals surface area contributed by atoms with Gasteiger partial charge in [0.2, 0.25) is 5.91 Å². The second-order valence-electron chi connectivity index (χ2n) is 5.79. The maximum absolute atomic E-state index is 11.6. The van der Waals surface area contributed by atoms with E-state index in [1.807, 2.05) is 27.6 Å². The lowest BCUT2D eigenvalue weighted by Gasteiger charge is -2.16. The molecule has 2 heterocycles. The Morgan fingerprint density at radius 2 is 1.96 bits per heavy atom. The highest BCUT2D eigenvalue weighted by Crippen LogP contribution is 2.30. The van der Waals surface area contributed by atoms with Gasteiger partial charge in [0, 0.05) is 12.3 Å². The average Bonchev–Trinajstić information content (AvgIpc) is 3.25. The molecule has 0 spiro atoms. The van der Waals surface area contributed by atoms with Gasteiger partial charge >= 0.3 is 10.3 Å². The molecule has 0 saturated carbocycles. The van der Waals surface area contributed by atoms with Gasteiger partial charge in [-0.3, -0.25) is 14.1 Å². The highest BCUT2D eigenvalue weighted by atomic mass is 32.2. The first-order chi connectivity index (χ1) is 12.8. The number of anilines is 1. The van der Waals surface area contributed by atoms with Crippen molar-refractivity contribution in [1.82, 2.24) is 10.3 Å². The molecule has 3 aromatic rings. The minimum atomic E-state index is -4.31. The van der Waals surface area contributed by atoms with Gasteiger partial charge in [0.1, 0.15) is 5.01 Å². The van der Waals surface area contributed by atoms with E-state index >= 15 is 0 Å². The summed E-state index contributed by atoms with van der Waals surface area (Å²) in [5.41, 5.74) is 1.92. The fraction of sp³-hybridized carbons (Fsp3) is 0.176. The molecule has 142 valence electrons. The van der Waals surface area contributed by atoms with E-state index in [0.717, 1.165) is 21.1 Å². The van der Waals surface area contributed by atoms with Crippen molar-refractivity contribution < 1.29 is 17.8 Å². The quantitative estimate of drug-likeness (QED) is 0.504. The van der Waals surface area contributed by atoms with Crippen LogP contribution in [0.5, 0.6) is 0 Å². The van der Waals surface area contributed by atoms with Crippen LogP contribution >= 0.6 is 22.7 Å². The number of amides is 1. The number of aromatic nitrogens is 1. The fourth-order valence-corrected chi connectivity index (χ4v) is 4.65. The molecule has 0 aliphatic carbocycles. The van der Waals surface area contributed by atoms with Crippen LogP contribution < -0.4 is 10.0 Å². The highest BCUT2D eigenvalue weighted by Gasteiger charge is 2.18. The number of rotatable bonds is 7. The summed E-state index contributed by atoms with van der Waals surface area (Å²) in [5.74, 6) is -0.157. The number of hydrogen-bond donors (Lipinski definition) is 3. The van der Waals surface area contributed by atoms with Crippen molar-refractivity contribution in [3.8, 4) is 9.88 Å². The van der Waals surface area contributed by atoms with Crippen LogP contribution in [0.1, 0.15) is 24.2 Å². The molecule has 0 saturated heterocycles. The largest absolute Gasteiger partial charge is 0.357 e. The maximum atomic E-state index is 11.6. The lowest BCUT2D eigenvalue weighted by molar-refractivity contribution is -0.119. The van der Waals surface area contributed by atoms with Crippen molar-refractivity contribution in [2.75, 3.05) is 4.72 Å².